The summed E-state index contributed by atoms with van der Waals surface area (Å²) >= 11 is 0. The van der Waals surface area contributed by atoms with Gasteiger partial charge in [-0.25, -0.2) is 14.5 Å². The topological polar surface area (TPSA) is 93.8 Å². The van der Waals surface area contributed by atoms with Crippen molar-refractivity contribution in [1.29, 1.82) is 0 Å². The Morgan fingerprint density at radius 3 is 2.32 bits per heavy atom. The lowest BCUT2D eigenvalue weighted by molar-refractivity contribution is 0.0696. The quantitative estimate of drug-likeness (QED) is 0.470. The number of carbonyl (C=O) groups is 1. The molecule has 3 heterocycles. The van der Waals surface area contributed by atoms with Gasteiger partial charge in [-0.05, 0) is 37.3 Å². The Balaban J connectivity index is 1.72. The van der Waals surface area contributed by atoms with Crippen LogP contribution in [0.3, 0.4) is 0 Å². The fourth-order valence-corrected chi connectivity index (χ4v) is 3.42. The maximum atomic E-state index is 11.5. The molecule has 7 heteroatoms. The summed E-state index contributed by atoms with van der Waals surface area (Å²) in [5, 5.41) is 14.2. The van der Waals surface area contributed by atoms with Gasteiger partial charge in [-0.1, -0.05) is 35.9 Å². The summed E-state index contributed by atoms with van der Waals surface area (Å²) in [4.78, 5) is 24.6. The van der Waals surface area contributed by atoms with Gasteiger partial charge in [0.15, 0.2) is 5.82 Å². The minimum Gasteiger partial charge on any atom is -0.478 e. The average Bonchev–Trinajstić information content (AvgIpc) is 3.25. The molecule has 5 rings (SSSR count). The molecule has 0 radical (unpaired) electrons. The van der Waals surface area contributed by atoms with Crippen LogP contribution in [0, 0.1) is 6.92 Å². The van der Waals surface area contributed by atoms with Gasteiger partial charge in [0.25, 0.3) is 0 Å². The Labute approximate surface area is 177 Å². The van der Waals surface area contributed by atoms with Crippen LogP contribution in [0.25, 0.3) is 39.4 Å². The fourth-order valence-electron chi connectivity index (χ4n) is 3.42. The lowest BCUT2D eigenvalue weighted by Crippen LogP contribution is -2.05. The van der Waals surface area contributed by atoms with Gasteiger partial charge in [0.05, 0.1) is 28.0 Å². The van der Waals surface area contributed by atoms with Crippen molar-refractivity contribution in [3.63, 3.8) is 0 Å². The molecule has 0 fully saturated rings. The molecular formula is C24H17N5O2. The van der Waals surface area contributed by atoms with Gasteiger partial charge in [0.2, 0.25) is 0 Å². The van der Waals surface area contributed by atoms with Crippen molar-refractivity contribution >= 4 is 17.0 Å². The standard InChI is InChI=1S/C24H17N5O2/c1-15-2-4-16(5-3-15)20-14-22(17-6-7-19-21(12-17)26-11-10-25-19)29(28-20)23-13-18(24(30)31)8-9-27-23/h2-14H,1H3,(H,30,31). The minimum absolute atomic E-state index is 0.146. The van der Waals surface area contributed by atoms with Gasteiger partial charge in [-0.15, -0.1) is 0 Å². The summed E-state index contributed by atoms with van der Waals surface area (Å²) in [5.74, 6) is -0.593. The van der Waals surface area contributed by atoms with Crippen molar-refractivity contribution in [2.75, 3.05) is 0 Å². The van der Waals surface area contributed by atoms with Crippen molar-refractivity contribution in [3.8, 4) is 28.3 Å². The van der Waals surface area contributed by atoms with Gasteiger partial charge in [-0.2, -0.15) is 5.10 Å². The molecule has 2 aromatic carbocycles. The third-order valence-corrected chi connectivity index (χ3v) is 5.03. The third-order valence-electron chi connectivity index (χ3n) is 5.03. The smallest absolute Gasteiger partial charge is 0.335 e. The van der Waals surface area contributed by atoms with Crippen LogP contribution in [0.15, 0.2) is 79.3 Å². The number of hydrogen-bond donors (Lipinski definition) is 1. The van der Waals surface area contributed by atoms with E-state index in [1.54, 1.807) is 17.1 Å². The SMILES string of the molecule is Cc1ccc(-c2cc(-c3ccc4nccnc4c3)n(-c3cc(C(=O)O)ccn3)n2)cc1. The Bertz CT molecular complexity index is 1420. The van der Waals surface area contributed by atoms with Crippen molar-refractivity contribution in [3.05, 3.63) is 90.4 Å². The molecule has 0 saturated heterocycles. The number of nitrogens with zero attached hydrogens (tertiary/aromatic N) is 5. The first-order valence-electron chi connectivity index (χ1n) is 9.66. The third kappa shape index (κ3) is 3.53. The van der Waals surface area contributed by atoms with E-state index in [1.807, 2.05) is 55.5 Å². The molecular weight excluding hydrogens is 390 g/mol. The number of carboxylic acids is 1. The van der Waals surface area contributed by atoms with Crippen LogP contribution in [0.4, 0.5) is 0 Å². The molecule has 0 aliphatic carbocycles. The molecule has 150 valence electrons. The number of carboxylic acid groups (broad SMARTS) is 1. The van der Waals surface area contributed by atoms with Crippen molar-refractivity contribution in [2.45, 2.75) is 6.92 Å². The number of benzene rings is 2. The van der Waals surface area contributed by atoms with Crippen LogP contribution in [-0.4, -0.2) is 35.8 Å². The van der Waals surface area contributed by atoms with E-state index in [1.165, 1.54) is 18.3 Å². The summed E-state index contributed by atoms with van der Waals surface area (Å²) in [7, 11) is 0. The van der Waals surface area contributed by atoms with Crippen molar-refractivity contribution < 1.29 is 9.90 Å². The van der Waals surface area contributed by atoms with Crippen LogP contribution in [-0.2, 0) is 0 Å². The zero-order valence-corrected chi connectivity index (χ0v) is 16.6. The highest BCUT2D eigenvalue weighted by Crippen LogP contribution is 2.30. The maximum absolute atomic E-state index is 11.5. The molecule has 0 aliphatic rings. The first kappa shape index (κ1) is 18.6. The second-order valence-electron chi connectivity index (χ2n) is 7.16. The molecule has 0 aliphatic heterocycles. The first-order chi connectivity index (χ1) is 15.1. The van der Waals surface area contributed by atoms with E-state index in [2.05, 4.69) is 15.0 Å². The van der Waals surface area contributed by atoms with E-state index < -0.39 is 5.97 Å². The van der Waals surface area contributed by atoms with E-state index >= 15 is 0 Å². The second kappa shape index (κ2) is 7.46. The highest BCUT2D eigenvalue weighted by molar-refractivity contribution is 5.88. The molecule has 31 heavy (non-hydrogen) atoms. The fraction of sp³-hybridized carbons (Fsp3) is 0.0417. The maximum Gasteiger partial charge on any atom is 0.335 e. The summed E-state index contributed by atoms with van der Waals surface area (Å²) in [6.07, 6.45) is 4.78. The number of aryl methyl sites for hydroxylation is 1. The van der Waals surface area contributed by atoms with Crippen molar-refractivity contribution in [2.24, 2.45) is 0 Å². The lowest BCUT2D eigenvalue weighted by Gasteiger charge is -2.08. The number of fused-ring (bicyclic) bond motifs is 1. The second-order valence-corrected chi connectivity index (χ2v) is 7.16. The molecule has 3 aromatic heterocycles. The zero-order chi connectivity index (χ0) is 21.4. The Morgan fingerprint density at radius 2 is 1.55 bits per heavy atom. The average molecular weight is 407 g/mol. The first-order valence-corrected chi connectivity index (χ1v) is 9.66. The van der Waals surface area contributed by atoms with Gasteiger partial charge < -0.3 is 5.11 Å². The van der Waals surface area contributed by atoms with Gasteiger partial charge >= 0.3 is 5.97 Å². The van der Waals surface area contributed by atoms with Crippen LogP contribution in [0.2, 0.25) is 0 Å². The van der Waals surface area contributed by atoms with Gasteiger partial charge in [-0.3, -0.25) is 9.97 Å². The van der Waals surface area contributed by atoms with Gasteiger partial charge in [0, 0.05) is 29.7 Å². The van der Waals surface area contributed by atoms with Crippen LogP contribution >= 0.6 is 0 Å². The Hall–Kier alpha value is -4.39. The van der Waals surface area contributed by atoms with E-state index in [0.29, 0.717) is 5.82 Å². The molecule has 0 saturated carbocycles. The number of aromatic carboxylic acids is 1. The summed E-state index contributed by atoms with van der Waals surface area (Å²) in [6.45, 7) is 2.03. The van der Waals surface area contributed by atoms with Crippen LogP contribution in [0.1, 0.15) is 15.9 Å². The monoisotopic (exact) mass is 407 g/mol. The molecule has 0 bridgehead atoms. The van der Waals surface area contributed by atoms with Crippen LogP contribution in [0.5, 0.6) is 0 Å². The predicted octanol–water partition coefficient (Wildman–Crippen LogP) is 4.55. The molecule has 0 atom stereocenters. The Kier molecular flexibility index (Phi) is 4.48. The number of rotatable bonds is 4. The molecule has 5 aromatic rings. The van der Waals surface area contributed by atoms with Crippen molar-refractivity contribution in [1.82, 2.24) is 24.7 Å². The highest BCUT2D eigenvalue weighted by atomic mass is 16.4. The predicted molar refractivity (Wildman–Crippen MR) is 117 cm³/mol. The van der Waals surface area contributed by atoms with Crippen LogP contribution < -0.4 is 0 Å². The van der Waals surface area contributed by atoms with E-state index in [-0.39, 0.29) is 5.56 Å². The zero-order valence-electron chi connectivity index (χ0n) is 16.6. The summed E-state index contributed by atoms with van der Waals surface area (Å²) in [6, 6.07) is 18.8. The largest absolute Gasteiger partial charge is 0.478 e. The number of pyridine rings is 1. The highest BCUT2D eigenvalue weighted by Gasteiger charge is 2.16. The lowest BCUT2D eigenvalue weighted by atomic mass is 10.1. The van der Waals surface area contributed by atoms with Gasteiger partial charge in [0.1, 0.15) is 0 Å². The van der Waals surface area contributed by atoms with E-state index in [0.717, 1.165) is 39.1 Å². The number of aromatic nitrogens is 5. The normalized spacial score (nSPS) is 11.0. The molecule has 7 nitrogen and oxygen atoms in total. The molecule has 0 amide bonds. The molecule has 1 N–H and O–H groups in total. The Morgan fingerprint density at radius 1 is 0.806 bits per heavy atom. The minimum atomic E-state index is -1.02. The van der Waals surface area contributed by atoms with E-state index in [4.69, 9.17) is 5.10 Å². The van der Waals surface area contributed by atoms with E-state index in [9.17, 15) is 9.90 Å². The summed E-state index contributed by atoms with van der Waals surface area (Å²) < 4.78 is 1.67. The molecule has 0 spiro atoms. The summed E-state index contributed by atoms with van der Waals surface area (Å²) in [5.41, 5.74) is 6.23. The number of hydrogen-bond acceptors (Lipinski definition) is 5. The molecule has 0 unspecified atom stereocenters.